The molecule has 1 N–H and O–H groups in total. The maximum Gasteiger partial charge on any atom is 0.288 e. The lowest BCUT2D eigenvalue weighted by Crippen LogP contribution is -2.14. The van der Waals surface area contributed by atoms with Gasteiger partial charge in [0.25, 0.3) is 5.91 Å². The Morgan fingerprint density at radius 1 is 1.31 bits per heavy atom. The van der Waals surface area contributed by atoms with Gasteiger partial charge in [-0.05, 0) is 37.5 Å². The summed E-state index contributed by atoms with van der Waals surface area (Å²) in [4.78, 5) is 21.4. The fraction of sp³-hybridized carbons (Fsp3) is 0.333. The van der Waals surface area contributed by atoms with Crippen LogP contribution in [-0.4, -0.2) is 19.3 Å². The number of hydrogen-bond donors (Lipinski definition) is 1. The molecule has 16 heavy (non-hydrogen) atoms. The number of hydrogen-bond acceptors (Lipinski definition) is 3. The third-order valence-corrected chi connectivity index (χ3v) is 2.55. The Bertz CT molecular complexity index is 438. The topological polar surface area (TPSA) is 55.4 Å². The Balaban J connectivity index is 3.30. The highest BCUT2D eigenvalue weighted by molar-refractivity contribution is 6.29. The number of amides is 1. The van der Waals surface area contributed by atoms with Gasteiger partial charge in [-0.15, -0.1) is 0 Å². The number of rotatable bonds is 3. The van der Waals surface area contributed by atoms with Gasteiger partial charge in [-0.3, -0.25) is 9.59 Å². The molecule has 0 spiro atoms. The van der Waals surface area contributed by atoms with Crippen LogP contribution in [-0.2, 0) is 9.59 Å². The highest BCUT2D eigenvalue weighted by Gasteiger charge is 2.14. The van der Waals surface area contributed by atoms with E-state index in [0.29, 0.717) is 11.4 Å². The normalized spacial score (nSPS) is 9.75. The molecule has 1 aromatic rings. The molecule has 0 unspecified atom stereocenters. The molecule has 0 aromatic heterocycles. The molecule has 0 aliphatic carbocycles. The van der Waals surface area contributed by atoms with Gasteiger partial charge in [-0.25, -0.2) is 0 Å². The monoisotopic (exact) mass is 221 g/mol. The van der Waals surface area contributed by atoms with Gasteiger partial charge in [-0.1, -0.05) is 6.07 Å². The smallest absolute Gasteiger partial charge is 0.288 e. The van der Waals surface area contributed by atoms with Crippen LogP contribution in [0.15, 0.2) is 6.07 Å². The zero-order valence-corrected chi connectivity index (χ0v) is 9.88. The molecule has 1 rings (SSSR count). The van der Waals surface area contributed by atoms with Crippen molar-refractivity contribution >= 4 is 17.9 Å². The molecule has 1 aromatic carbocycles. The maximum atomic E-state index is 11.1. The fourth-order valence-electron chi connectivity index (χ4n) is 1.61. The lowest BCUT2D eigenvalue weighted by Gasteiger charge is -2.16. The van der Waals surface area contributed by atoms with Crippen molar-refractivity contribution in [2.75, 3.05) is 12.4 Å². The minimum absolute atomic E-state index is 0.244. The van der Waals surface area contributed by atoms with Crippen LogP contribution in [0.2, 0.25) is 0 Å². The van der Waals surface area contributed by atoms with Gasteiger partial charge in [0.05, 0.1) is 12.8 Å². The number of aldehydes is 1. The number of ether oxygens (including phenoxy) is 1. The van der Waals surface area contributed by atoms with E-state index in [1.165, 1.54) is 7.11 Å². The Hall–Kier alpha value is -1.84. The van der Waals surface area contributed by atoms with Crippen molar-refractivity contribution in [2.24, 2.45) is 0 Å². The van der Waals surface area contributed by atoms with Gasteiger partial charge in [0, 0.05) is 0 Å². The lowest BCUT2D eigenvalue weighted by molar-refractivity contribution is -0.127. The molecule has 0 fully saturated rings. The van der Waals surface area contributed by atoms with E-state index in [9.17, 15) is 9.59 Å². The highest BCUT2D eigenvalue weighted by atomic mass is 16.5. The van der Waals surface area contributed by atoms with Crippen molar-refractivity contribution in [1.82, 2.24) is 0 Å². The zero-order valence-electron chi connectivity index (χ0n) is 9.88. The van der Waals surface area contributed by atoms with Crippen LogP contribution in [0, 0.1) is 20.8 Å². The fourth-order valence-corrected chi connectivity index (χ4v) is 1.61. The second-order valence-corrected chi connectivity index (χ2v) is 3.65. The minimum atomic E-state index is -0.676. The van der Waals surface area contributed by atoms with Crippen molar-refractivity contribution in [3.8, 4) is 5.75 Å². The number of anilines is 1. The molecule has 0 saturated heterocycles. The summed E-state index contributed by atoms with van der Waals surface area (Å²) in [5, 5.41) is 2.52. The predicted octanol–water partition coefficient (Wildman–Crippen LogP) is 1.76. The third kappa shape index (κ3) is 2.21. The average molecular weight is 221 g/mol. The lowest BCUT2D eigenvalue weighted by atomic mass is 10.0. The van der Waals surface area contributed by atoms with Crippen molar-refractivity contribution in [3.05, 3.63) is 22.8 Å². The van der Waals surface area contributed by atoms with Crippen molar-refractivity contribution in [2.45, 2.75) is 20.8 Å². The number of benzene rings is 1. The van der Waals surface area contributed by atoms with Crippen molar-refractivity contribution in [3.63, 3.8) is 0 Å². The van der Waals surface area contributed by atoms with E-state index in [2.05, 4.69) is 5.32 Å². The molecule has 86 valence electrons. The molecule has 0 bridgehead atoms. The summed E-state index contributed by atoms with van der Waals surface area (Å²) in [6, 6.07) is 1.94. The zero-order chi connectivity index (χ0) is 12.3. The summed E-state index contributed by atoms with van der Waals surface area (Å²) >= 11 is 0. The van der Waals surface area contributed by atoms with Gasteiger partial charge in [0.2, 0.25) is 6.29 Å². The van der Waals surface area contributed by atoms with Gasteiger partial charge >= 0.3 is 0 Å². The van der Waals surface area contributed by atoms with Crippen LogP contribution in [0.4, 0.5) is 5.69 Å². The number of carbonyl (C=O) groups is 2. The number of aryl methyl sites for hydroxylation is 2. The van der Waals surface area contributed by atoms with E-state index in [1.54, 1.807) is 0 Å². The Kier molecular flexibility index (Phi) is 3.66. The largest absolute Gasteiger partial charge is 0.494 e. The first-order valence-corrected chi connectivity index (χ1v) is 4.92. The Morgan fingerprint density at radius 3 is 2.44 bits per heavy atom. The molecular weight excluding hydrogens is 206 g/mol. The number of methoxy groups -OCH3 is 1. The molecule has 0 saturated carbocycles. The first kappa shape index (κ1) is 12.2. The van der Waals surface area contributed by atoms with Crippen LogP contribution < -0.4 is 10.1 Å². The summed E-state index contributed by atoms with van der Waals surface area (Å²) in [6.45, 7) is 5.73. The summed E-state index contributed by atoms with van der Waals surface area (Å²) in [6.07, 6.45) is 0.244. The number of nitrogens with one attached hydrogen (secondary N) is 1. The molecule has 0 aliphatic rings. The van der Waals surface area contributed by atoms with E-state index in [4.69, 9.17) is 4.74 Å². The van der Waals surface area contributed by atoms with E-state index in [-0.39, 0.29) is 6.29 Å². The van der Waals surface area contributed by atoms with Crippen molar-refractivity contribution < 1.29 is 14.3 Å². The Morgan fingerprint density at radius 2 is 1.94 bits per heavy atom. The third-order valence-electron chi connectivity index (χ3n) is 2.55. The van der Waals surface area contributed by atoms with E-state index in [0.717, 1.165) is 16.7 Å². The van der Waals surface area contributed by atoms with E-state index < -0.39 is 5.91 Å². The summed E-state index contributed by atoms with van der Waals surface area (Å²) in [7, 11) is 1.54. The SMILES string of the molecule is COc1c(C)c(C)cc(C)c1NC(=O)C=O. The maximum absolute atomic E-state index is 11.1. The van der Waals surface area contributed by atoms with Crippen molar-refractivity contribution in [1.29, 1.82) is 0 Å². The van der Waals surface area contributed by atoms with Gasteiger partial charge in [-0.2, -0.15) is 0 Å². The van der Waals surface area contributed by atoms with Crippen LogP contribution in [0.25, 0.3) is 0 Å². The Labute approximate surface area is 94.6 Å². The second-order valence-electron chi connectivity index (χ2n) is 3.65. The standard InChI is InChI=1S/C12H15NO3/c1-7-5-8(2)11(13-10(15)6-14)12(16-4)9(7)3/h5-6H,1-4H3,(H,13,15). The van der Waals surface area contributed by atoms with E-state index in [1.807, 2.05) is 26.8 Å². The summed E-state index contributed by atoms with van der Waals surface area (Å²) in [5.74, 6) is -0.0719. The summed E-state index contributed by atoms with van der Waals surface area (Å²) in [5.41, 5.74) is 3.46. The highest BCUT2D eigenvalue weighted by Crippen LogP contribution is 2.33. The van der Waals surface area contributed by atoms with Gasteiger partial charge in [0.15, 0.2) is 0 Å². The molecule has 4 nitrogen and oxygen atoms in total. The van der Waals surface area contributed by atoms with Gasteiger partial charge in [0.1, 0.15) is 5.75 Å². The first-order valence-electron chi connectivity index (χ1n) is 4.92. The van der Waals surface area contributed by atoms with Crippen LogP contribution in [0.1, 0.15) is 16.7 Å². The molecular formula is C12H15NO3. The molecule has 0 heterocycles. The van der Waals surface area contributed by atoms with Crippen LogP contribution in [0.5, 0.6) is 5.75 Å². The summed E-state index contributed by atoms with van der Waals surface area (Å²) < 4.78 is 5.25. The molecule has 0 aliphatic heterocycles. The van der Waals surface area contributed by atoms with E-state index >= 15 is 0 Å². The van der Waals surface area contributed by atoms with Crippen LogP contribution >= 0.6 is 0 Å². The number of carbonyl (C=O) groups excluding carboxylic acids is 2. The average Bonchev–Trinajstić information content (AvgIpc) is 2.26. The molecule has 0 radical (unpaired) electrons. The minimum Gasteiger partial charge on any atom is -0.494 e. The molecule has 4 heteroatoms. The van der Waals surface area contributed by atoms with Crippen LogP contribution in [0.3, 0.4) is 0 Å². The second kappa shape index (κ2) is 4.79. The van der Waals surface area contributed by atoms with Gasteiger partial charge < -0.3 is 10.1 Å². The molecule has 0 atom stereocenters. The quantitative estimate of drug-likeness (QED) is 0.625. The molecule has 1 amide bonds. The first-order chi connectivity index (χ1) is 7.51. The predicted molar refractivity (Wildman–Crippen MR) is 61.9 cm³/mol.